The molecular weight excluding hydrogens is 180 g/mol. The number of rotatable bonds is 1. The molecule has 0 amide bonds. The summed E-state index contributed by atoms with van der Waals surface area (Å²) in [6, 6.07) is 8.74. The SMILES string of the molecule is Cc1ccc(C2=CCC(C)(C)C=C2)cc1. The Morgan fingerprint density at radius 3 is 2.27 bits per heavy atom. The molecule has 1 aromatic rings. The Labute approximate surface area is 92.3 Å². The van der Waals surface area contributed by atoms with Crippen molar-refractivity contribution in [2.75, 3.05) is 0 Å². The van der Waals surface area contributed by atoms with Crippen LogP contribution in [0.3, 0.4) is 0 Å². The minimum atomic E-state index is 0.328. The van der Waals surface area contributed by atoms with E-state index in [4.69, 9.17) is 0 Å². The van der Waals surface area contributed by atoms with E-state index in [0.717, 1.165) is 6.42 Å². The molecule has 0 fully saturated rings. The Morgan fingerprint density at radius 2 is 1.73 bits per heavy atom. The molecule has 0 aromatic heterocycles. The van der Waals surface area contributed by atoms with Crippen LogP contribution in [0.15, 0.2) is 42.5 Å². The first-order chi connectivity index (χ1) is 7.07. The van der Waals surface area contributed by atoms with Gasteiger partial charge in [-0.3, -0.25) is 0 Å². The Morgan fingerprint density at radius 1 is 1.07 bits per heavy atom. The molecule has 0 spiro atoms. The molecule has 0 unspecified atom stereocenters. The van der Waals surface area contributed by atoms with E-state index in [9.17, 15) is 0 Å². The van der Waals surface area contributed by atoms with Crippen molar-refractivity contribution < 1.29 is 0 Å². The van der Waals surface area contributed by atoms with Gasteiger partial charge in [0.15, 0.2) is 0 Å². The first-order valence-electron chi connectivity index (χ1n) is 5.53. The van der Waals surface area contributed by atoms with Crippen LogP contribution < -0.4 is 0 Å². The monoisotopic (exact) mass is 198 g/mol. The maximum Gasteiger partial charge on any atom is -0.0137 e. The van der Waals surface area contributed by atoms with Gasteiger partial charge in [0.2, 0.25) is 0 Å². The second-order valence-electron chi connectivity index (χ2n) is 5.05. The van der Waals surface area contributed by atoms with Gasteiger partial charge in [-0.05, 0) is 29.9 Å². The number of aryl methyl sites for hydroxylation is 1. The van der Waals surface area contributed by atoms with Gasteiger partial charge in [-0.15, -0.1) is 0 Å². The standard InChI is InChI=1S/C15H18/c1-12-4-6-13(7-5-12)14-8-10-15(2,3)11-9-14/h4-10H,11H2,1-3H3. The molecule has 0 saturated heterocycles. The lowest BCUT2D eigenvalue weighted by Gasteiger charge is -2.22. The molecule has 1 aliphatic carbocycles. The molecule has 2 rings (SSSR count). The Hall–Kier alpha value is -1.30. The van der Waals surface area contributed by atoms with Crippen LogP contribution >= 0.6 is 0 Å². The van der Waals surface area contributed by atoms with Crippen molar-refractivity contribution in [1.82, 2.24) is 0 Å². The van der Waals surface area contributed by atoms with E-state index in [1.807, 2.05) is 0 Å². The molecular formula is C15H18. The van der Waals surface area contributed by atoms with Crippen molar-refractivity contribution in [3.63, 3.8) is 0 Å². The third-order valence-corrected chi connectivity index (χ3v) is 2.95. The van der Waals surface area contributed by atoms with Gasteiger partial charge in [0, 0.05) is 0 Å². The fourth-order valence-corrected chi connectivity index (χ4v) is 1.78. The zero-order chi connectivity index (χ0) is 10.9. The quantitative estimate of drug-likeness (QED) is 0.628. The molecule has 1 aromatic carbocycles. The lowest BCUT2D eigenvalue weighted by Crippen LogP contribution is -2.08. The number of hydrogen-bond donors (Lipinski definition) is 0. The van der Waals surface area contributed by atoms with Crippen molar-refractivity contribution in [3.05, 3.63) is 53.6 Å². The topological polar surface area (TPSA) is 0 Å². The summed E-state index contributed by atoms with van der Waals surface area (Å²) in [5, 5.41) is 0. The molecule has 0 nitrogen and oxygen atoms in total. The summed E-state index contributed by atoms with van der Waals surface area (Å²) < 4.78 is 0. The molecule has 0 aliphatic heterocycles. The average Bonchev–Trinajstić information content (AvgIpc) is 2.20. The summed E-state index contributed by atoms with van der Waals surface area (Å²) in [7, 11) is 0. The van der Waals surface area contributed by atoms with Crippen molar-refractivity contribution in [3.8, 4) is 0 Å². The molecule has 0 saturated carbocycles. The van der Waals surface area contributed by atoms with E-state index in [1.165, 1.54) is 16.7 Å². The van der Waals surface area contributed by atoms with Crippen LogP contribution in [0.25, 0.3) is 5.57 Å². The van der Waals surface area contributed by atoms with Crippen molar-refractivity contribution in [1.29, 1.82) is 0 Å². The Bertz CT molecular complexity index is 402. The lowest BCUT2D eigenvalue weighted by atomic mass is 9.83. The highest BCUT2D eigenvalue weighted by Gasteiger charge is 2.16. The molecule has 15 heavy (non-hydrogen) atoms. The van der Waals surface area contributed by atoms with Crippen LogP contribution in [-0.4, -0.2) is 0 Å². The van der Waals surface area contributed by atoms with Gasteiger partial charge in [-0.25, -0.2) is 0 Å². The molecule has 0 N–H and O–H groups in total. The molecule has 78 valence electrons. The summed E-state index contributed by atoms with van der Waals surface area (Å²) >= 11 is 0. The summed E-state index contributed by atoms with van der Waals surface area (Å²) in [6.45, 7) is 6.66. The van der Waals surface area contributed by atoms with E-state index in [-0.39, 0.29) is 0 Å². The Kier molecular flexibility index (Phi) is 2.52. The van der Waals surface area contributed by atoms with Gasteiger partial charge < -0.3 is 0 Å². The smallest absolute Gasteiger partial charge is 0.0137 e. The molecule has 0 heterocycles. The van der Waals surface area contributed by atoms with E-state index in [0.29, 0.717) is 5.41 Å². The van der Waals surface area contributed by atoms with Crippen LogP contribution in [0.4, 0.5) is 0 Å². The predicted octanol–water partition coefficient (Wildman–Crippen LogP) is 4.36. The highest BCUT2D eigenvalue weighted by atomic mass is 14.2. The van der Waals surface area contributed by atoms with Gasteiger partial charge in [-0.2, -0.15) is 0 Å². The van der Waals surface area contributed by atoms with Gasteiger partial charge in [0.05, 0.1) is 0 Å². The van der Waals surface area contributed by atoms with Crippen LogP contribution in [-0.2, 0) is 0 Å². The van der Waals surface area contributed by atoms with Crippen LogP contribution in [0.1, 0.15) is 31.4 Å². The lowest BCUT2D eigenvalue weighted by molar-refractivity contribution is 0.485. The number of hydrogen-bond acceptors (Lipinski definition) is 0. The molecule has 0 bridgehead atoms. The second kappa shape index (κ2) is 3.69. The van der Waals surface area contributed by atoms with Crippen molar-refractivity contribution in [2.24, 2.45) is 5.41 Å². The van der Waals surface area contributed by atoms with E-state index >= 15 is 0 Å². The normalized spacial score (nSPS) is 18.7. The minimum absolute atomic E-state index is 0.328. The first kappa shape index (κ1) is 10.2. The maximum absolute atomic E-state index is 2.34. The van der Waals surface area contributed by atoms with Crippen LogP contribution in [0, 0.1) is 12.3 Å². The van der Waals surface area contributed by atoms with Crippen LogP contribution in [0.2, 0.25) is 0 Å². The summed E-state index contributed by atoms with van der Waals surface area (Å²) in [6.07, 6.45) is 8.02. The van der Waals surface area contributed by atoms with E-state index < -0.39 is 0 Å². The zero-order valence-corrected chi connectivity index (χ0v) is 9.75. The number of allylic oxidation sites excluding steroid dienone is 4. The minimum Gasteiger partial charge on any atom is -0.0779 e. The first-order valence-corrected chi connectivity index (χ1v) is 5.53. The van der Waals surface area contributed by atoms with E-state index in [2.05, 4.69) is 63.3 Å². The van der Waals surface area contributed by atoms with Crippen LogP contribution in [0.5, 0.6) is 0 Å². The molecule has 0 heteroatoms. The van der Waals surface area contributed by atoms with Gasteiger partial charge >= 0.3 is 0 Å². The Balaban J connectivity index is 2.24. The third-order valence-electron chi connectivity index (χ3n) is 2.95. The summed E-state index contributed by atoms with van der Waals surface area (Å²) in [5.74, 6) is 0. The maximum atomic E-state index is 2.34. The zero-order valence-electron chi connectivity index (χ0n) is 9.75. The fourth-order valence-electron chi connectivity index (χ4n) is 1.78. The number of benzene rings is 1. The summed E-state index contributed by atoms with van der Waals surface area (Å²) in [4.78, 5) is 0. The predicted molar refractivity (Wildman–Crippen MR) is 66.7 cm³/mol. The van der Waals surface area contributed by atoms with Crippen molar-refractivity contribution in [2.45, 2.75) is 27.2 Å². The van der Waals surface area contributed by atoms with Gasteiger partial charge in [0.1, 0.15) is 0 Å². The van der Waals surface area contributed by atoms with Gasteiger partial charge in [0.25, 0.3) is 0 Å². The second-order valence-corrected chi connectivity index (χ2v) is 5.05. The largest absolute Gasteiger partial charge is 0.0779 e. The van der Waals surface area contributed by atoms with E-state index in [1.54, 1.807) is 0 Å². The third kappa shape index (κ3) is 2.38. The summed E-state index contributed by atoms with van der Waals surface area (Å²) in [5.41, 5.74) is 4.33. The average molecular weight is 198 g/mol. The molecule has 0 radical (unpaired) electrons. The highest BCUT2D eigenvalue weighted by Crippen LogP contribution is 2.31. The molecule has 0 atom stereocenters. The van der Waals surface area contributed by atoms with Gasteiger partial charge in [-0.1, -0.05) is 61.9 Å². The van der Waals surface area contributed by atoms with Crippen molar-refractivity contribution >= 4 is 5.57 Å². The fraction of sp³-hybridized carbons (Fsp3) is 0.333. The molecule has 1 aliphatic rings. The highest BCUT2D eigenvalue weighted by molar-refractivity contribution is 5.75.